The van der Waals surface area contributed by atoms with E-state index in [2.05, 4.69) is 99.8 Å². The molecule has 0 saturated heterocycles. The van der Waals surface area contributed by atoms with E-state index >= 15 is 0 Å². The molecule has 0 aromatic rings. The lowest BCUT2D eigenvalue weighted by Gasteiger charge is -2.18. The zero-order valence-electron chi connectivity index (χ0n) is 42.1. The molecule has 0 spiro atoms. The zero-order chi connectivity index (χ0) is 47.9. The molecule has 0 aromatic heterocycles. The van der Waals surface area contributed by atoms with Gasteiger partial charge in [-0.25, -0.2) is 0 Å². The van der Waals surface area contributed by atoms with Crippen molar-refractivity contribution in [1.29, 1.82) is 0 Å². The summed E-state index contributed by atoms with van der Waals surface area (Å²) in [5, 5.41) is 0. The first-order valence-corrected chi connectivity index (χ1v) is 26.3. The van der Waals surface area contributed by atoms with Crippen molar-refractivity contribution in [1.82, 2.24) is 0 Å². The summed E-state index contributed by atoms with van der Waals surface area (Å²) >= 11 is 0. The molecule has 6 nitrogen and oxygen atoms in total. The Balaban J connectivity index is 4.56. The minimum atomic E-state index is -0.829. The summed E-state index contributed by atoms with van der Waals surface area (Å²) in [6.45, 7) is 6.26. The fourth-order valence-corrected chi connectivity index (χ4v) is 6.61. The highest BCUT2D eigenvalue weighted by Crippen LogP contribution is 2.13. The van der Waals surface area contributed by atoms with E-state index in [0.29, 0.717) is 12.8 Å². The van der Waals surface area contributed by atoms with Crippen molar-refractivity contribution in [3.05, 3.63) is 134 Å². The van der Waals surface area contributed by atoms with Crippen LogP contribution in [0.25, 0.3) is 0 Å². The van der Waals surface area contributed by atoms with E-state index in [1.54, 1.807) is 0 Å². The van der Waals surface area contributed by atoms with Crippen LogP contribution in [0.4, 0.5) is 0 Å². The average Bonchev–Trinajstić information content (AvgIpc) is 3.31. The van der Waals surface area contributed by atoms with E-state index in [1.165, 1.54) is 57.8 Å². The van der Waals surface area contributed by atoms with Gasteiger partial charge in [-0.2, -0.15) is 0 Å². The van der Waals surface area contributed by atoms with Crippen LogP contribution >= 0.6 is 0 Å². The number of ether oxygens (including phenoxy) is 3. The lowest BCUT2D eigenvalue weighted by Crippen LogP contribution is -2.30. The topological polar surface area (TPSA) is 78.9 Å². The predicted octanol–water partition coefficient (Wildman–Crippen LogP) is 17.5. The van der Waals surface area contributed by atoms with E-state index in [-0.39, 0.29) is 44.0 Å². The molecule has 0 rings (SSSR count). The monoisotopic (exact) mass is 911 g/mol. The normalized spacial score (nSPS) is 13.2. The second-order valence-electron chi connectivity index (χ2n) is 16.8. The maximum absolute atomic E-state index is 12.8. The van der Waals surface area contributed by atoms with Gasteiger partial charge in [0.25, 0.3) is 0 Å². The van der Waals surface area contributed by atoms with Crippen molar-refractivity contribution in [2.45, 2.75) is 213 Å². The number of carbonyl (C=O) groups excluding carboxylic acids is 3. The third-order valence-corrected chi connectivity index (χ3v) is 10.5. The van der Waals surface area contributed by atoms with E-state index in [1.807, 2.05) is 54.7 Å². The van der Waals surface area contributed by atoms with Crippen molar-refractivity contribution in [3.63, 3.8) is 0 Å². The Morgan fingerprint density at radius 2 is 0.682 bits per heavy atom. The molecule has 0 aliphatic rings. The minimum absolute atomic E-state index is 0.126. The van der Waals surface area contributed by atoms with Crippen LogP contribution in [0.15, 0.2) is 134 Å². The first-order valence-electron chi connectivity index (χ1n) is 26.3. The minimum Gasteiger partial charge on any atom is -0.462 e. The first kappa shape index (κ1) is 61.5. The second kappa shape index (κ2) is 53.2. The van der Waals surface area contributed by atoms with Gasteiger partial charge in [-0.1, -0.05) is 219 Å². The Kier molecular flexibility index (Phi) is 49.6. The van der Waals surface area contributed by atoms with Crippen molar-refractivity contribution in [3.8, 4) is 0 Å². The average molecular weight is 911 g/mol. The van der Waals surface area contributed by atoms with Crippen molar-refractivity contribution < 1.29 is 28.6 Å². The highest BCUT2D eigenvalue weighted by atomic mass is 16.6. The second-order valence-corrected chi connectivity index (χ2v) is 16.8. The summed E-state index contributed by atoms with van der Waals surface area (Å²) in [5.74, 6) is -1.05. The molecule has 0 bridgehead atoms. The standard InChI is InChI=1S/C60H94O6/c1-4-7-10-13-16-19-22-25-27-29-30-31-33-35-38-41-44-47-50-53-59(62)65-56-57(55-64-58(61)52-49-46-43-40-37-34-24-21-18-15-12-9-6-3)66-60(63)54-51-48-45-42-39-36-32-28-26-23-20-17-14-11-8-5-2/h7,9-10,12,15-16,18-19,21,24-25,27-28,30-32,34-35,37-38,40,43,57H,4-6,8,11,13-14,17,20,22-23,26,29,33,36,39,41-42,44-56H2,1-3H3/b10-7+,12-9+,18-15+,19-16+,24-21+,27-25+,31-30+,32-28+,37-34+,38-35+,43-40+. The smallest absolute Gasteiger partial charge is 0.306 e. The Morgan fingerprint density at radius 1 is 0.333 bits per heavy atom. The van der Waals surface area contributed by atoms with Gasteiger partial charge in [-0.3, -0.25) is 14.4 Å². The quantitative estimate of drug-likeness (QED) is 0.0199. The number of unbranched alkanes of at least 4 members (excludes halogenated alkanes) is 16. The van der Waals surface area contributed by atoms with Crippen LogP contribution in [0, 0.1) is 0 Å². The number of rotatable bonds is 45. The van der Waals surface area contributed by atoms with Gasteiger partial charge in [0.1, 0.15) is 13.2 Å². The third kappa shape index (κ3) is 50.5. The summed E-state index contributed by atoms with van der Waals surface area (Å²) in [6, 6.07) is 0. The van der Waals surface area contributed by atoms with Crippen LogP contribution in [0.1, 0.15) is 207 Å². The van der Waals surface area contributed by atoms with E-state index in [0.717, 1.165) is 103 Å². The van der Waals surface area contributed by atoms with Crippen molar-refractivity contribution in [2.75, 3.05) is 13.2 Å². The van der Waals surface area contributed by atoms with Gasteiger partial charge in [-0.15, -0.1) is 0 Å². The number of hydrogen-bond donors (Lipinski definition) is 0. The summed E-state index contributed by atoms with van der Waals surface area (Å²) in [6.07, 6.45) is 74.4. The molecule has 0 N–H and O–H groups in total. The Bertz CT molecular complexity index is 1460. The summed E-state index contributed by atoms with van der Waals surface area (Å²) in [4.78, 5) is 38.0. The molecule has 0 amide bonds. The van der Waals surface area contributed by atoms with E-state index < -0.39 is 6.10 Å². The molecule has 6 heteroatoms. The largest absolute Gasteiger partial charge is 0.462 e. The van der Waals surface area contributed by atoms with Gasteiger partial charge in [0.2, 0.25) is 0 Å². The molecule has 66 heavy (non-hydrogen) atoms. The fraction of sp³-hybridized carbons (Fsp3) is 0.583. The number of hydrogen-bond acceptors (Lipinski definition) is 6. The molecule has 1 atom stereocenters. The Labute approximate surface area is 405 Å². The van der Waals surface area contributed by atoms with E-state index in [4.69, 9.17) is 14.2 Å². The molecule has 0 aliphatic carbocycles. The summed E-state index contributed by atoms with van der Waals surface area (Å²) < 4.78 is 16.7. The fourth-order valence-electron chi connectivity index (χ4n) is 6.61. The Morgan fingerprint density at radius 3 is 1.18 bits per heavy atom. The van der Waals surface area contributed by atoms with Gasteiger partial charge in [-0.05, 0) is 103 Å². The Hall–Kier alpha value is -4.45. The van der Waals surface area contributed by atoms with Gasteiger partial charge in [0.15, 0.2) is 6.10 Å². The molecule has 1 unspecified atom stereocenters. The summed E-state index contributed by atoms with van der Waals surface area (Å²) in [7, 11) is 0. The van der Waals surface area contributed by atoms with Gasteiger partial charge >= 0.3 is 17.9 Å². The van der Waals surface area contributed by atoms with Crippen LogP contribution in [-0.2, 0) is 28.6 Å². The maximum atomic E-state index is 12.8. The van der Waals surface area contributed by atoms with Gasteiger partial charge in [0, 0.05) is 19.3 Å². The molecule has 0 saturated carbocycles. The number of esters is 3. The third-order valence-electron chi connectivity index (χ3n) is 10.5. The molecular formula is C60H94O6. The lowest BCUT2D eigenvalue weighted by atomic mass is 10.1. The lowest BCUT2D eigenvalue weighted by molar-refractivity contribution is -0.167. The SMILES string of the molecule is CC/C=C/C=C/C=C/C=C/C=C/CCCC(=O)OCC(COC(=O)CCCCC/C=C/C/C=C/C/C=C/C/C=C/C/C=C/CC)OC(=O)CCCCCCC/C=C/CCCCCCCCC. The van der Waals surface area contributed by atoms with Crippen LogP contribution in [-0.4, -0.2) is 37.2 Å². The van der Waals surface area contributed by atoms with Crippen LogP contribution in [0.5, 0.6) is 0 Å². The molecule has 0 radical (unpaired) electrons. The highest BCUT2D eigenvalue weighted by molar-refractivity contribution is 5.71. The van der Waals surface area contributed by atoms with Crippen molar-refractivity contribution >= 4 is 17.9 Å². The van der Waals surface area contributed by atoms with Crippen molar-refractivity contribution in [2.24, 2.45) is 0 Å². The van der Waals surface area contributed by atoms with Crippen LogP contribution in [0.2, 0.25) is 0 Å². The number of carbonyl (C=O) groups is 3. The highest BCUT2D eigenvalue weighted by Gasteiger charge is 2.19. The molecule has 0 aliphatic heterocycles. The molecule has 0 fully saturated rings. The molecule has 370 valence electrons. The zero-order valence-corrected chi connectivity index (χ0v) is 42.1. The number of allylic oxidation sites excluding steroid dienone is 22. The molecule has 0 heterocycles. The predicted molar refractivity (Wildman–Crippen MR) is 283 cm³/mol. The van der Waals surface area contributed by atoms with Crippen LogP contribution in [0.3, 0.4) is 0 Å². The van der Waals surface area contributed by atoms with Crippen LogP contribution < -0.4 is 0 Å². The van der Waals surface area contributed by atoms with Gasteiger partial charge in [0.05, 0.1) is 0 Å². The molecular weight excluding hydrogens is 817 g/mol. The maximum Gasteiger partial charge on any atom is 0.306 e. The van der Waals surface area contributed by atoms with Gasteiger partial charge < -0.3 is 14.2 Å². The summed E-state index contributed by atoms with van der Waals surface area (Å²) in [5.41, 5.74) is 0. The van der Waals surface area contributed by atoms with E-state index in [9.17, 15) is 14.4 Å². The molecule has 0 aromatic carbocycles. The first-order chi connectivity index (χ1) is 32.5.